The molecule has 0 aliphatic carbocycles. The number of ether oxygens (including phenoxy) is 2. The molecule has 2 rings (SSSR count). The lowest BCUT2D eigenvalue weighted by Crippen LogP contribution is -2.19. The van der Waals surface area contributed by atoms with E-state index in [2.05, 4.69) is 20.9 Å². The highest BCUT2D eigenvalue weighted by molar-refractivity contribution is 9.10. The number of pyridine rings is 1. The number of aromatic nitrogens is 1. The molecular weight excluding hydrogens is 274 g/mol. The van der Waals surface area contributed by atoms with Crippen molar-refractivity contribution in [3.63, 3.8) is 0 Å². The Morgan fingerprint density at radius 2 is 2.44 bits per heavy atom. The molecule has 0 N–H and O–H groups in total. The number of halogens is 1. The van der Waals surface area contributed by atoms with Crippen molar-refractivity contribution in [3.05, 3.63) is 28.5 Å². The molecule has 2 atom stereocenters. The average molecular weight is 286 g/mol. The minimum absolute atomic E-state index is 0.220. The van der Waals surface area contributed by atoms with E-state index in [-0.39, 0.29) is 18.0 Å². The summed E-state index contributed by atoms with van der Waals surface area (Å²) < 4.78 is 11.2. The summed E-state index contributed by atoms with van der Waals surface area (Å²) in [7, 11) is 1.40. The van der Waals surface area contributed by atoms with E-state index in [1.54, 1.807) is 12.4 Å². The van der Waals surface area contributed by atoms with Crippen LogP contribution in [0.4, 0.5) is 0 Å². The van der Waals surface area contributed by atoms with Gasteiger partial charge in [0.2, 0.25) is 0 Å². The van der Waals surface area contributed by atoms with E-state index in [4.69, 9.17) is 9.47 Å². The predicted octanol–water partition coefficient (Wildman–Crippen LogP) is 2.09. The van der Waals surface area contributed by atoms with Gasteiger partial charge in [0.1, 0.15) is 0 Å². The average Bonchev–Trinajstić information content (AvgIpc) is 2.77. The third-order valence-electron chi connectivity index (χ3n) is 2.65. The number of carbonyl (C=O) groups excluding carboxylic acids is 1. The van der Waals surface area contributed by atoms with Crippen LogP contribution in [0.2, 0.25) is 0 Å². The normalized spacial score (nSPS) is 24.4. The summed E-state index contributed by atoms with van der Waals surface area (Å²) in [5, 5.41) is 0. The van der Waals surface area contributed by atoms with Gasteiger partial charge in [-0.15, -0.1) is 0 Å². The number of rotatable bonds is 2. The molecule has 0 bridgehead atoms. The van der Waals surface area contributed by atoms with Gasteiger partial charge >= 0.3 is 5.97 Å². The van der Waals surface area contributed by atoms with Gasteiger partial charge in [-0.2, -0.15) is 0 Å². The molecule has 16 heavy (non-hydrogen) atoms. The number of hydrogen-bond acceptors (Lipinski definition) is 4. The van der Waals surface area contributed by atoms with Crippen molar-refractivity contribution in [2.24, 2.45) is 5.92 Å². The molecule has 5 heteroatoms. The number of hydrogen-bond donors (Lipinski definition) is 0. The van der Waals surface area contributed by atoms with Gasteiger partial charge in [-0.3, -0.25) is 9.78 Å². The van der Waals surface area contributed by atoms with Crippen LogP contribution in [0, 0.1) is 5.92 Å². The van der Waals surface area contributed by atoms with Crippen LogP contribution in [0.15, 0.2) is 22.9 Å². The monoisotopic (exact) mass is 285 g/mol. The van der Waals surface area contributed by atoms with Crippen molar-refractivity contribution in [1.29, 1.82) is 0 Å². The van der Waals surface area contributed by atoms with Gasteiger partial charge in [0, 0.05) is 29.0 Å². The Morgan fingerprint density at radius 3 is 3.12 bits per heavy atom. The zero-order chi connectivity index (χ0) is 11.5. The van der Waals surface area contributed by atoms with Gasteiger partial charge in [-0.05, 0) is 28.4 Å². The first-order chi connectivity index (χ1) is 7.72. The first kappa shape index (κ1) is 11.5. The summed E-state index contributed by atoms with van der Waals surface area (Å²) >= 11 is 3.35. The Hall–Kier alpha value is -0.940. The van der Waals surface area contributed by atoms with Crippen LogP contribution in [0.25, 0.3) is 0 Å². The summed E-state index contributed by atoms with van der Waals surface area (Å²) in [5.41, 5.74) is 0.905. The SMILES string of the molecule is COC(=O)[C@@H]1CCO[C@H]1c1cncc(Br)c1. The quantitative estimate of drug-likeness (QED) is 0.781. The van der Waals surface area contributed by atoms with E-state index in [1.165, 1.54) is 7.11 Å². The van der Waals surface area contributed by atoms with Crippen LogP contribution >= 0.6 is 15.9 Å². The highest BCUT2D eigenvalue weighted by Gasteiger charge is 2.36. The van der Waals surface area contributed by atoms with Gasteiger partial charge in [-0.1, -0.05) is 0 Å². The van der Waals surface area contributed by atoms with Crippen LogP contribution < -0.4 is 0 Å². The van der Waals surface area contributed by atoms with E-state index in [0.29, 0.717) is 13.0 Å². The van der Waals surface area contributed by atoms with Crippen LogP contribution in [0.3, 0.4) is 0 Å². The first-order valence-corrected chi connectivity index (χ1v) is 5.81. The van der Waals surface area contributed by atoms with E-state index >= 15 is 0 Å². The lowest BCUT2D eigenvalue weighted by Gasteiger charge is -2.16. The Bertz CT molecular complexity index is 397. The largest absolute Gasteiger partial charge is 0.469 e. The van der Waals surface area contributed by atoms with Crippen molar-refractivity contribution in [1.82, 2.24) is 4.98 Å². The third-order valence-corrected chi connectivity index (χ3v) is 3.08. The van der Waals surface area contributed by atoms with Crippen molar-refractivity contribution in [3.8, 4) is 0 Å². The van der Waals surface area contributed by atoms with Crippen LogP contribution in [0.5, 0.6) is 0 Å². The lowest BCUT2D eigenvalue weighted by atomic mass is 9.97. The van der Waals surface area contributed by atoms with Gasteiger partial charge in [0.15, 0.2) is 0 Å². The summed E-state index contributed by atoms with van der Waals surface area (Å²) in [4.78, 5) is 15.6. The topological polar surface area (TPSA) is 48.4 Å². The van der Waals surface area contributed by atoms with Crippen molar-refractivity contribution < 1.29 is 14.3 Å². The highest BCUT2D eigenvalue weighted by atomic mass is 79.9. The molecule has 1 saturated heterocycles. The molecule has 1 aromatic rings. The molecule has 86 valence electrons. The first-order valence-electron chi connectivity index (χ1n) is 5.02. The Labute approximate surface area is 102 Å². The van der Waals surface area contributed by atoms with E-state index in [9.17, 15) is 4.79 Å². The van der Waals surface area contributed by atoms with E-state index in [0.717, 1.165) is 10.0 Å². The molecule has 0 aromatic carbocycles. The Morgan fingerprint density at radius 1 is 1.62 bits per heavy atom. The second-order valence-corrected chi connectivity index (χ2v) is 4.56. The second-order valence-electron chi connectivity index (χ2n) is 3.65. The van der Waals surface area contributed by atoms with Crippen molar-refractivity contribution in [2.75, 3.05) is 13.7 Å². The summed E-state index contributed by atoms with van der Waals surface area (Å²) in [5.74, 6) is -0.441. The van der Waals surface area contributed by atoms with Gasteiger partial charge < -0.3 is 9.47 Å². The molecule has 0 unspecified atom stereocenters. The maximum absolute atomic E-state index is 11.5. The fourth-order valence-electron chi connectivity index (χ4n) is 1.89. The van der Waals surface area contributed by atoms with Gasteiger partial charge in [0.05, 0.1) is 19.1 Å². The zero-order valence-corrected chi connectivity index (χ0v) is 10.4. The number of methoxy groups -OCH3 is 1. The predicted molar refractivity (Wildman–Crippen MR) is 60.8 cm³/mol. The molecule has 1 fully saturated rings. The summed E-state index contributed by atoms with van der Waals surface area (Å²) in [6.07, 6.45) is 3.88. The zero-order valence-electron chi connectivity index (χ0n) is 8.85. The highest BCUT2D eigenvalue weighted by Crippen LogP contribution is 2.35. The Kier molecular flexibility index (Phi) is 3.56. The number of nitrogens with zero attached hydrogens (tertiary/aromatic N) is 1. The summed E-state index contributed by atoms with van der Waals surface area (Å²) in [6, 6.07) is 1.92. The molecule has 0 amide bonds. The van der Waals surface area contributed by atoms with E-state index < -0.39 is 0 Å². The number of carbonyl (C=O) groups is 1. The smallest absolute Gasteiger partial charge is 0.311 e. The van der Waals surface area contributed by atoms with Crippen molar-refractivity contribution >= 4 is 21.9 Å². The van der Waals surface area contributed by atoms with Crippen LogP contribution in [-0.2, 0) is 14.3 Å². The summed E-state index contributed by atoms with van der Waals surface area (Å²) in [6.45, 7) is 0.580. The molecule has 2 heterocycles. The second kappa shape index (κ2) is 4.93. The third kappa shape index (κ3) is 2.25. The Balaban J connectivity index is 2.23. The molecule has 4 nitrogen and oxygen atoms in total. The minimum atomic E-state index is -0.238. The molecule has 1 aliphatic rings. The lowest BCUT2D eigenvalue weighted by molar-refractivity contribution is -0.147. The molecule has 1 aromatic heterocycles. The minimum Gasteiger partial charge on any atom is -0.469 e. The van der Waals surface area contributed by atoms with Crippen molar-refractivity contribution in [2.45, 2.75) is 12.5 Å². The van der Waals surface area contributed by atoms with Crippen LogP contribution in [0.1, 0.15) is 18.1 Å². The molecule has 0 saturated carbocycles. The van der Waals surface area contributed by atoms with E-state index in [1.807, 2.05) is 6.07 Å². The molecule has 0 radical (unpaired) electrons. The fourth-order valence-corrected chi connectivity index (χ4v) is 2.28. The van der Waals surface area contributed by atoms with Gasteiger partial charge in [-0.25, -0.2) is 0 Å². The van der Waals surface area contributed by atoms with Gasteiger partial charge in [0.25, 0.3) is 0 Å². The fraction of sp³-hybridized carbons (Fsp3) is 0.455. The molecule has 0 spiro atoms. The standard InChI is InChI=1S/C11H12BrNO3/c1-15-11(14)9-2-3-16-10(9)7-4-8(12)6-13-5-7/h4-6,9-10H,2-3H2,1H3/t9-,10+/m1/s1. The molecular formula is C11H12BrNO3. The van der Waals surface area contributed by atoms with Crippen LogP contribution in [-0.4, -0.2) is 24.7 Å². The molecule has 1 aliphatic heterocycles. The maximum Gasteiger partial charge on any atom is 0.311 e. The maximum atomic E-state index is 11.5. The number of esters is 1.